The summed E-state index contributed by atoms with van der Waals surface area (Å²) in [4.78, 5) is 2.58. The Kier molecular flexibility index (Phi) is 3.56. The van der Waals surface area contributed by atoms with Crippen LogP contribution in [0.25, 0.3) is 5.57 Å². The number of rotatable bonds is 3. The molecule has 2 atom stereocenters. The van der Waals surface area contributed by atoms with Gasteiger partial charge in [-0.25, -0.2) is 0 Å². The Hall–Kier alpha value is -1.91. The van der Waals surface area contributed by atoms with E-state index >= 15 is 0 Å². The van der Waals surface area contributed by atoms with Gasteiger partial charge in [0.25, 0.3) is 0 Å². The van der Waals surface area contributed by atoms with Crippen molar-refractivity contribution in [1.29, 1.82) is 0 Å². The molecule has 0 radical (unpaired) electrons. The Bertz CT molecular complexity index is 677. The molecule has 2 aliphatic rings. The lowest BCUT2D eigenvalue weighted by Crippen LogP contribution is -2.53. The lowest BCUT2D eigenvalue weighted by molar-refractivity contribution is -0.0402. The topological polar surface area (TPSA) is 30.3 Å². The number of nitrogens with zero attached hydrogens (tertiary/aromatic N) is 3. The molecule has 22 heavy (non-hydrogen) atoms. The highest BCUT2D eigenvalue weighted by atomic mass is 16.5. The van der Waals surface area contributed by atoms with Crippen molar-refractivity contribution in [3.8, 4) is 0 Å². The van der Waals surface area contributed by atoms with Crippen molar-refractivity contribution in [2.45, 2.75) is 25.0 Å². The largest absolute Gasteiger partial charge is 0.378 e. The zero-order chi connectivity index (χ0) is 14.9. The van der Waals surface area contributed by atoms with E-state index in [4.69, 9.17) is 4.74 Å². The molecule has 3 heterocycles. The molecule has 0 spiro atoms. The zero-order valence-electron chi connectivity index (χ0n) is 12.9. The molecule has 0 saturated carbocycles. The molecular formula is C18H21N3O. The number of morpholine rings is 1. The first kappa shape index (κ1) is 13.7. The molecule has 2 aliphatic heterocycles. The fourth-order valence-corrected chi connectivity index (χ4v) is 3.50. The van der Waals surface area contributed by atoms with E-state index in [-0.39, 0.29) is 0 Å². The average Bonchev–Trinajstić information content (AvgIpc) is 2.94. The van der Waals surface area contributed by atoms with Crippen molar-refractivity contribution >= 4 is 5.57 Å². The summed E-state index contributed by atoms with van der Waals surface area (Å²) in [5, 5.41) is 4.30. The molecule has 1 saturated heterocycles. The maximum Gasteiger partial charge on any atom is 0.0658 e. The molecule has 4 heteroatoms. The van der Waals surface area contributed by atoms with E-state index in [9.17, 15) is 0 Å². The molecule has 2 aromatic rings. The summed E-state index contributed by atoms with van der Waals surface area (Å²) in [5.41, 5.74) is 4.03. The first-order valence-corrected chi connectivity index (χ1v) is 7.87. The molecule has 4 rings (SSSR count). The highest BCUT2D eigenvalue weighted by molar-refractivity contribution is 5.66. The molecule has 4 nitrogen and oxygen atoms in total. The molecule has 0 amide bonds. The van der Waals surface area contributed by atoms with Gasteiger partial charge in [0.1, 0.15) is 0 Å². The van der Waals surface area contributed by atoms with E-state index in [1.807, 2.05) is 17.9 Å². The Morgan fingerprint density at radius 2 is 2.09 bits per heavy atom. The van der Waals surface area contributed by atoms with Gasteiger partial charge in [-0.05, 0) is 17.6 Å². The van der Waals surface area contributed by atoms with E-state index in [1.54, 1.807) is 0 Å². The van der Waals surface area contributed by atoms with Crippen LogP contribution in [0.5, 0.6) is 0 Å². The average molecular weight is 295 g/mol. The van der Waals surface area contributed by atoms with E-state index < -0.39 is 0 Å². The first-order valence-electron chi connectivity index (χ1n) is 7.87. The Balaban J connectivity index is 1.59. The van der Waals surface area contributed by atoms with Gasteiger partial charge in [0.05, 0.1) is 25.5 Å². The summed E-state index contributed by atoms with van der Waals surface area (Å²) in [6.07, 6.45) is 7.48. The summed E-state index contributed by atoms with van der Waals surface area (Å²) in [7, 11) is 1.97. The smallest absolute Gasteiger partial charge is 0.0658 e. The third-order valence-corrected chi connectivity index (χ3v) is 4.63. The van der Waals surface area contributed by atoms with Crippen molar-refractivity contribution in [3.05, 3.63) is 59.9 Å². The van der Waals surface area contributed by atoms with Gasteiger partial charge in [-0.3, -0.25) is 9.58 Å². The highest BCUT2D eigenvalue weighted by Gasteiger charge is 2.35. The third kappa shape index (κ3) is 2.60. The van der Waals surface area contributed by atoms with Crippen LogP contribution in [-0.4, -0.2) is 40.0 Å². The fraction of sp³-hybridized carbons (Fsp3) is 0.389. The maximum absolute atomic E-state index is 5.79. The molecule has 2 bridgehead atoms. The number of ether oxygens (including phenoxy) is 1. The molecule has 2 unspecified atom stereocenters. The normalized spacial score (nSPS) is 25.0. The monoisotopic (exact) mass is 295 g/mol. The second kappa shape index (κ2) is 5.71. The fourth-order valence-electron chi connectivity index (χ4n) is 3.50. The van der Waals surface area contributed by atoms with Gasteiger partial charge >= 0.3 is 0 Å². The first-order chi connectivity index (χ1) is 10.8. The van der Waals surface area contributed by atoms with E-state index in [0.29, 0.717) is 12.1 Å². The van der Waals surface area contributed by atoms with Crippen LogP contribution in [0.3, 0.4) is 0 Å². The van der Waals surface area contributed by atoms with Crippen LogP contribution < -0.4 is 0 Å². The van der Waals surface area contributed by atoms with Gasteiger partial charge in [0, 0.05) is 31.4 Å². The number of fused-ring (bicyclic) bond motifs is 2. The molecule has 0 aliphatic carbocycles. The van der Waals surface area contributed by atoms with Crippen LogP contribution in [0.1, 0.15) is 17.5 Å². The van der Waals surface area contributed by atoms with Gasteiger partial charge in [-0.1, -0.05) is 36.4 Å². The Morgan fingerprint density at radius 1 is 1.23 bits per heavy atom. The highest BCUT2D eigenvalue weighted by Crippen LogP contribution is 2.33. The number of aryl methyl sites for hydroxylation is 1. The van der Waals surface area contributed by atoms with Crippen LogP contribution in [0, 0.1) is 0 Å². The minimum atomic E-state index is 0.364. The summed E-state index contributed by atoms with van der Waals surface area (Å²) in [6.45, 7) is 2.60. The van der Waals surface area contributed by atoms with Crippen molar-refractivity contribution < 1.29 is 4.74 Å². The number of hydrogen-bond acceptors (Lipinski definition) is 3. The lowest BCUT2D eigenvalue weighted by atomic mass is 9.90. The lowest BCUT2D eigenvalue weighted by Gasteiger charge is -2.44. The van der Waals surface area contributed by atoms with Gasteiger partial charge in [-0.2, -0.15) is 5.10 Å². The van der Waals surface area contributed by atoms with E-state index in [1.165, 1.54) is 16.7 Å². The predicted octanol–water partition coefficient (Wildman–Crippen LogP) is 2.48. The van der Waals surface area contributed by atoms with Gasteiger partial charge in [0.2, 0.25) is 0 Å². The SMILES string of the molecule is Cn1cc(C2=CC3COCC(C2)N3Cc2ccccc2)cn1. The minimum Gasteiger partial charge on any atom is -0.378 e. The van der Waals surface area contributed by atoms with Crippen LogP contribution in [-0.2, 0) is 18.3 Å². The van der Waals surface area contributed by atoms with E-state index in [2.05, 4.69) is 52.6 Å². The number of benzene rings is 1. The Morgan fingerprint density at radius 3 is 2.82 bits per heavy atom. The summed E-state index contributed by atoms with van der Waals surface area (Å²) < 4.78 is 7.66. The third-order valence-electron chi connectivity index (χ3n) is 4.63. The van der Waals surface area contributed by atoms with Crippen LogP contribution >= 0.6 is 0 Å². The van der Waals surface area contributed by atoms with Gasteiger partial charge in [0.15, 0.2) is 0 Å². The van der Waals surface area contributed by atoms with Crippen LogP contribution in [0.2, 0.25) is 0 Å². The van der Waals surface area contributed by atoms with Crippen LogP contribution in [0.15, 0.2) is 48.8 Å². The number of aromatic nitrogens is 2. The second-order valence-corrected chi connectivity index (χ2v) is 6.22. The van der Waals surface area contributed by atoms with Crippen molar-refractivity contribution in [2.75, 3.05) is 13.2 Å². The minimum absolute atomic E-state index is 0.364. The summed E-state index contributed by atoms with van der Waals surface area (Å²) in [6, 6.07) is 11.5. The quantitative estimate of drug-likeness (QED) is 0.871. The molecule has 1 fully saturated rings. The molecule has 114 valence electrons. The second-order valence-electron chi connectivity index (χ2n) is 6.22. The van der Waals surface area contributed by atoms with E-state index in [0.717, 1.165) is 26.2 Å². The molecular weight excluding hydrogens is 274 g/mol. The zero-order valence-corrected chi connectivity index (χ0v) is 12.9. The Labute approximate surface area is 131 Å². The standard InChI is InChI=1S/C18H21N3O/c1-20-11-16(9-19-20)15-7-17-12-22-13-18(8-15)21(17)10-14-5-3-2-4-6-14/h2-7,9,11,17-18H,8,10,12-13H2,1H3. The van der Waals surface area contributed by atoms with Gasteiger partial charge in [-0.15, -0.1) is 0 Å². The van der Waals surface area contributed by atoms with Crippen LogP contribution in [0.4, 0.5) is 0 Å². The predicted molar refractivity (Wildman–Crippen MR) is 86.2 cm³/mol. The number of hydrogen-bond donors (Lipinski definition) is 0. The maximum atomic E-state index is 5.79. The molecule has 1 aromatic heterocycles. The molecule has 1 aromatic carbocycles. The van der Waals surface area contributed by atoms with Gasteiger partial charge < -0.3 is 4.74 Å². The van der Waals surface area contributed by atoms with Crippen molar-refractivity contribution in [1.82, 2.24) is 14.7 Å². The van der Waals surface area contributed by atoms with Crippen molar-refractivity contribution in [3.63, 3.8) is 0 Å². The summed E-state index contributed by atoms with van der Waals surface area (Å²) in [5.74, 6) is 0. The molecule has 0 N–H and O–H groups in total. The summed E-state index contributed by atoms with van der Waals surface area (Å²) >= 11 is 0. The van der Waals surface area contributed by atoms with Crippen molar-refractivity contribution in [2.24, 2.45) is 7.05 Å².